The minimum Gasteiger partial charge on any atom is -0.497 e. The number of sulfonamides is 1. The van der Waals surface area contributed by atoms with E-state index in [1.165, 1.54) is 23.1 Å². The zero-order valence-electron chi connectivity index (χ0n) is 24.3. The third kappa shape index (κ3) is 9.11. The first-order chi connectivity index (χ1) is 20.5. The molecule has 3 aromatic rings. The van der Waals surface area contributed by atoms with E-state index >= 15 is 0 Å². The summed E-state index contributed by atoms with van der Waals surface area (Å²) in [5, 5.41) is 3.58. The first-order valence-corrected chi connectivity index (χ1v) is 16.8. The normalized spacial score (nSPS) is 14.5. The Balaban J connectivity index is 1.75. The van der Waals surface area contributed by atoms with Crippen molar-refractivity contribution in [1.82, 2.24) is 10.2 Å². The fourth-order valence-electron chi connectivity index (χ4n) is 5.34. The molecule has 1 aliphatic rings. The topological polar surface area (TPSA) is 96.0 Å². The maximum Gasteiger partial charge on any atom is 0.244 e. The van der Waals surface area contributed by atoms with Crippen molar-refractivity contribution in [2.24, 2.45) is 0 Å². The minimum atomic E-state index is -3.97. The van der Waals surface area contributed by atoms with Crippen molar-refractivity contribution < 1.29 is 22.7 Å². The van der Waals surface area contributed by atoms with Crippen molar-refractivity contribution in [2.75, 3.05) is 24.2 Å². The summed E-state index contributed by atoms with van der Waals surface area (Å²) < 4.78 is 32.3. The van der Waals surface area contributed by atoms with E-state index in [2.05, 4.69) is 5.32 Å². The molecule has 0 aliphatic heterocycles. The van der Waals surface area contributed by atoms with Crippen LogP contribution in [0.15, 0.2) is 72.8 Å². The Bertz CT molecular complexity index is 1510. The highest BCUT2D eigenvalue weighted by Gasteiger charge is 2.34. The molecule has 0 aromatic heterocycles. The number of benzene rings is 3. The fraction of sp³-hybridized carbons (Fsp3) is 0.375. The van der Waals surface area contributed by atoms with E-state index in [1.807, 2.05) is 36.4 Å². The van der Waals surface area contributed by atoms with Gasteiger partial charge in [0.15, 0.2) is 0 Å². The molecule has 1 N–H and O–H groups in total. The summed E-state index contributed by atoms with van der Waals surface area (Å²) in [4.78, 5) is 29.8. The summed E-state index contributed by atoms with van der Waals surface area (Å²) in [5.41, 5.74) is 1.67. The summed E-state index contributed by atoms with van der Waals surface area (Å²) in [6.07, 6.45) is 6.20. The van der Waals surface area contributed by atoms with Crippen molar-refractivity contribution >= 4 is 50.7 Å². The predicted molar refractivity (Wildman–Crippen MR) is 171 cm³/mol. The number of hydrogen-bond donors (Lipinski definition) is 1. The number of methoxy groups -OCH3 is 1. The summed E-state index contributed by atoms with van der Waals surface area (Å²) in [7, 11) is -2.42. The van der Waals surface area contributed by atoms with Crippen LogP contribution in [-0.2, 0) is 32.6 Å². The largest absolute Gasteiger partial charge is 0.497 e. The van der Waals surface area contributed by atoms with Crippen molar-refractivity contribution in [1.29, 1.82) is 0 Å². The monoisotopic (exact) mass is 645 g/mol. The Hall–Kier alpha value is -3.27. The fourth-order valence-corrected chi connectivity index (χ4v) is 6.63. The van der Waals surface area contributed by atoms with Crippen LogP contribution in [0.3, 0.4) is 0 Å². The van der Waals surface area contributed by atoms with E-state index in [0.717, 1.165) is 53.8 Å². The maximum atomic E-state index is 14.3. The smallest absolute Gasteiger partial charge is 0.244 e. The molecule has 1 aliphatic carbocycles. The third-order valence-corrected chi connectivity index (χ3v) is 9.25. The van der Waals surface area contributed by atoms with Gasteiger partial charge in [-0.25, -0.2) is 8.42 Å². The van der Waals surface area contributed by atoms with Crippen LogP contribution in [0, 0.1) is 0 Å². The number of halogens is 2. The molecule has 1 fully saturated rings. The quantitative estimate of drug-likeness (QED) is 0.266. The van der Waals surface area contributed by atoms with Crippen LogP contribution >= 0.6 is 23.2 Å². The summed E-state index contributed by atoms with van der Waals surface area (Å²) in [5.74, 6) is -0.248. The molecule has 0 saturated heterocycles. The molecule has 43 heavy (non-hydrogen) atoms. The van der Waals surface area contributed by atoms with Gasteiger partial charge in [0, 0.05) is 24.0 Å². The van der Waals surface area contributed by atoms with Gasteiger partial charge in [-0.2, -0.15) is 0 Å². The molecule has 8 nitrogen and oxygen atoms in total. The van der Waals surface area contributed by atoms with Gasteiger partial charge < -0.3 is 15.0 Å². The molecule has 0 bridgehead atoms. The van der Waals surface area contributed by atoms with E-state index < -0.39 is 28.5 Å². The first-order valence-electron chi connectivity index (χ1n) is 14.2. The lowest BCUT2D eigenvalue weighted by atomic mass is 9.94. The second kappa shape index (κ2) is 14.9. The standard InChI is InChI=1S/C32H37Cl2N3O5S/c1-42-27-15-9-12-24(18-27)21-36(31(38)22-37(43(2,40)41)29-20-25(33)16-17-28(29)34)30(19-23-10-5-3-6-11-23)32(39)35-26-13-7-4-8-14-26/h3,5-6,9-12,15-18,20,26,30H,4,7-8,13-14,19,21-22H2,1-2H3,(H,35,39). The Labute approximate surface area is 264 Å². The molecule has 2 amide bonds. The van der Waals surface area contributed by atoms with Crippen LogP contribution < -0.4 is 14.4 Å². The van der Waals surface area contributed by atoms with Gasteiger partial charge in [-0.3, -0.25) is 13.9 Å². The van der Waals surface area contributed by atoms with Gasteiger partial charge >= 0.3 is 0 Å². The number of nitrogens with one attached hydrogen (secondary N) is 1. The van der Waals surface area contributed by atoms with Crippen LogP contribution in [0.4, 0.5) is 5.69 Å². The average Bonchev–Trinajstić information content (AvgIpc) is 2.99. The van der Waals surface area contributed by atoms with Gasteiger partial charge in [0.2, 0.25) is 21.8 Å². The molecule has 0 spiro atoms. The number of hydrogen-bond acceptors (Lipinski definition) is 5. The van der Waals surface area contributed by atoms with Gasteiger partial charge in [-0.1, -0.05) is 84.9 Å². The lowest BCUT2D eigenvalue weighted by Crippen LogP contribution is -2.55. The Morgan fingerprint density at radius 1 is 0.953 bits per heavy atom. The number of carbonyl (C=O) groups is 2. The van der Waals surface area contributed by atoms with E-state index in [-0.39, 0.29) is 40.6 Å². The van der Waals surface area contributed by atoms with E-state index in [4.69, 9.17) is 27.9 Å². The van der Waals surface area contributed by atoms with E-state index in [9.17, 15) is 18.0 Å². The van der Waals surface area contributed by atoms with Crippen LogP contribution in [0.1, 0.15) is 43.2 Å². The molecule has 3 aromatic carbocycles. The van der Waals surface area contributed by atoms with Gasteiger partial charge in [0.25, 0.3) is 0 Å². The van der Waals surface area contributed by atoms with Gasteiger partial charge in [-0.05, 0) is 54.3 Å². The number of anilines is 1. The van der Waals surface area contributed by atoms with Crippen LogP contribution in [-0.4, -0.2) is 57.1 Å². The molecular weight excluding hydrogens is 609 g/mol. The molecule has 0 radical (unpaired) electrons. The van der Waals surface area contributed by atoms with Gasteiger partial charge in [0.1, 0.15) is 18.3 Å². The molecule has 0 heterocycles. The molecule has 4 rings (SSSR count). The lowest BCUT2D eigenvalue weighted by molar-refractivity contribution is -0.140. The van der Waals surface area contributed by atoms with E-state index in [1.54, 1.807) is 25.3 Å². The van der Waals surface area contributed by atoms with Gasteiger partial charge in [0.05, 0.1) is 24.1 Å². The van der Waals surface area contributed by atoms with Crippen LogP contribution in [0.2, 0.25) is 10.0 Å². The Morgan fingerprint density at radius 2 is 1.65 bits per heavy atom. The number of rotatable bonds is 12. The number of carbonyl (C=O) groups excluding carboxylic acids is 2. The summed E-state index contributed by atoms with van der Waals surface area (Å²) >= 11 is 12.6. The molecular formula is C32H37Cl2N3O5S. The second-order valence-electron chi connectivity index (χ2n) is 10.8. The lowest BCUT2D eigenvalue weighted by Gasteiger charge is -2.35. The molecule has 230 valence electrons. The first kappa shape index (κ1) is 32.6. The highest BCUT2D eigenvalue weighted by molar-refractivity contribution is 7.92. The SMILES string of the molecule is COc1cccc(CN(C(=O)CN(c2cc(Cl)ccc2Cl)S(C)(=O)=O)C(Cc2ccccc2)C(=O)NC2CCCCC2)c1. The average molecular weight is 647 g/mol. The van der Waals surface area contributed by atoms with Crippen molar-refractivity contribution in [3.05, 3.63) is 94.0 Å². The maximum absolute atomic E-state index is 14.3. The van der Waals surface area contributed by atoms with Crippen LogP contribution in [0.25, 0.3) is 0 Å². The Morgan fingerprint density at radius 3 is 2.33 bits per heavy atom. The third-order valence-electron chi connectivity index (χ3n) is 7.57. The summed E-state index contributed by atoms with van der Waals surface area (Å²) in [6.45, 7) is -0.530. The highest BCUT2D eigenvalue weighted by Crippen LogP contribution is 2.31. The highest BCUT2D eigenvalue weighted by atomic mass is 35.5. The van der Waals surface area contributed by atoms with Crippen molar-refractivity contribution in [2.45, 2.75) is 57.2 Å². The van der Waals surface area contributed by atoms with Crippen LogP contribution in [0.5, 0.6) is 5.75 Å². The number of nitrogens with zero attached hydrogens (tertiary/aromatic N) is 2. The number of amides is 2. The Kier molecular flexibility index (Phi) is 11.3. The zero-order valence-corrected chi connectivity index (χ0v) is 26.7. The summed E-state index contributed by atoms with van der Waals surface area (Å²) in [6, 6.07) is 20.2. The van der Waals surface area contributed by atoms with Gasteiger partial charge in [-0.15, -0.1) is 0 Å². The van der Waals surface area contributed by atoms with Crippen molar-refractivity contribution in [3.8, 4) is 5.75 Å². The predicted octanol–water partition coefficient (Wildman–Crippen LogP) is 5.86. The second-order valence-corrected chi connectivity index (χ2v) is 13.5. The zero-order chi connectivity index (χ0) is 31.0. The van der Waals surface area contributed by atoms with E-state index in [0.29, 0.717) is 5.75 Å². The number of ether oxygens (including phenoxy) is 1. The van der Waals surface area contributed by atoms with Crippen molar-refractivity contribution in [3.63, 3.8) is 0 Å². The molecule has 1 unspecified atom stereocenters. The molecule has 11 heteroatoms. The molecule has 1 atom stereocenters. The molecule has 1 saturated carbocycles. The minimum absolute atomic E-state index is 0.0195.